The van der Waals surface area contributed by atoms with Crippen molar-refractivity contribution in [2.75, 3.05) is 7.11 Å². The Bertz CT molecular complexity index is 438. The minimum atomic E-state index is 0.237. The quantitative estimate of drug-likeness (QED) is 0.735. The number of rotatable bonds is 1. The number of methoxy groups -OCH3 is 1. The minimum absolute atomic E-state index is 0.237. The molecule has 0 N–H and O–H groups in total. The van der Waals surface area contributed by atoms with Crippen LogP contribution in [0.5, 0.6) is 5.75 Å². The van der Waals surface area contributed by atoms with Crippen LogP contribution in [0.15, 0.2) is 10.5 Å². The lowest BCUT2D eigenvalue weighted by Crippen LogP contribution is -2.05. The number of hydrogen-bond acceptors (Lipinski definition) is 2. The summed E-state index contributed by atoms with van der Waals surface area (Å²) in [7, 11) is 1.67. The monoisotopic (exact) mass is 282 g/mol. The van der Waals surface area contributed by atoms with Crippen LogP contribution in [0.1, 0.15) is 40.7 Å². The molecule has 2 nitrogen and oxygen atoms in total. The molecule has 0 unspecified atom stereocenters. The molecule has 0 heterocycles. The van der Waals surface area contributed by atoms with E-state index in [2.05, 4.69) is 15.9 Å². The molecular formula is C13H15BrO2. The van der Waals surface area contributed by atoms with Gasteiger partial charge in [0.25, 0.3) is 0 Å². The molecule has 1 aliphatic rings. The Morgan fingerprint density at radius 3 is 2.69 bits per heavy atom. The third-order valence-electron chi connectivity index (χ3n) is 3.09. The molecule has 0 saturated heterocycles. The topological polar surface area (TPSA) is 26.3 Å². The van der Waals surface area contributed by atoms with Gasteiger partial charge in [0.2, 0.25) is 0 Å². The average molecular weight is 283 g/mol. The Balaban J connectivity index is 2.68. The molecule has 16 heavy (non-hydrogen) atoms. The Kier molecular flexibility index (Phi) is 3.33. The van der Waals surface area contributed by atoms with Gasteiger partial charge in [-0.2, -0.15) is 0 Å². The van der Waals surface area contributed by atoms with Crippen molar-refractivity contribution in [3.63, 3.8) is 0 Å². The lowest BCUT2D eigenvalue weighted by molar-refractivity contribution is 0.0981. The summed E-state index contributed by atoms with van der Waals surface area (Å²) >= 11 is 3.53. The molecule has 0 fully saturated rings. The zero-order chi connectivity index (χ0) is 11.7. The fraction of sp³-hybridized carbons (Fsp3) is 0.462. The number of benzene rings is 1. The van der Waals surface area contributed by atoms with Gasteiger partial charge >= 0.3 is 0 Å². The van der Waals surface area contributed by atoms with Gasteiger partial charge in [0.05, 0.1) is 7.11 Å². The Morgan fingerprint density at radius 1 is 1.31 bits per heavy atom. The normalized spacial score (nSPS) is 15.6. The number of halogens is 1. The van der Waals surface area contributed by atoms with E-state index in [-0.39, 0.29) is 5.78 Å². The van der Waals surface area contributed by atoms with Crippen molar-refractivity contribution in [1.82, 2.24) is 0 Å². The largest absolute Gasteiger partial charge is 0.496 e. The molecule has 0 aliphatic heterocycles. The summed E-state index contributed by atoms with van der Waals surface area (Å²) in [5, 5.41) is 0. The Morgan fingerprint density at radius 2 is 2.00 bits per heavy atom. The number of carbonyl (C=O) groups excluding carboxylic acids is 1. The van der Waals surface area contributed by atoms with Gasteiger partial charge in [0, 0.05) is 22.0 Å². The van der Waals surface area contributed by atoms with Crippen LogP contribution in [0.4, 0.5) is 0 Å². The molecule has 3 heteroatoms. The highest BCUT2D eigenvalue weighted by Crippen LogP contribution is 2.36. The van der Waals surface area contributed by atoms with Crippen molar-refractivity contribution >= 4 is 21.7 Å². The molecule has 1 aromatic carbocycles. The standard InChI is InChI=1S/C13H15BrO2/c1-8-7-11(16-2)9-5-3-4-6-10(15)12(9)13(8)14/h7H,3-6H2,1-2H3. The average Bonchev–Trinajstić information content (AvgIpc) is 2.46. The summed E-state index contributed by atoms with van der Waals surface area (Å²) in [6, 6.07) is 2.00. The van der Waals surface area contributed by atoms with Crippen molar-refractivity contribution in [3.05, 3.63) is 27.2 Å². The van der Waals surface area contributed by atoms with E-state index in [4.69, 9.17) is 4.74 Å². The third kappa shape index (κ3) is 1.88. The first-order chi connectivity index (χ1) is 7.65. The predicted molar refractivity (Wildman–Crippen MR) is 67.3 cm³/mol. The Labute approximate surface area is 104 Å². The van der Waals surface area contributed by atoms with Crippen LogP contribution in [-0.4, -0.2) is 12.9 Å². The van der Waals surface area contributed by atoms with Crippen LogP contribution in [0.25, 0.3) is 0 Å². The third-order valence-corrected chi connectivity index (χ3v) is 4.11. The zero-order valence-electron chi connectivity index (χ0n) is 9.60. The van der Waals surface area contributed by atoms with Gasteiger partial charge in [-0.3, -0.25) is 4.79 Å². The van der Waals surface area contributed by atoms with E-state index < -0.39 is 0 Å². The number of Topliss-reactive ketones (excluding diaryl/α,β-unsaturated/α-hetero) is 1. The number of aryl methyl sites for hydroxylation is 1. The maximum Gasteiger partial charge on any atom is 0.164 e. The first-order valence-electron chi connectivity index (χ1n) is 5.54. The van der Waals surface area contributed by atoms with E-state index in [1.807, 2.05) is 13.0 Å². The number of ketones is 1. The fourth-order valence-electron chi connectivity index (χ4n) is 2.23. The van der Waals surface area contributed by atoms with Gasteiger partial charge in [-0.25, -0.2) is 0 Å². The maximum absolute atomic E-state index is 12.1. The van der Waals surface area contributed by atoms with Gasteiger partial charge in [-0.1, -0.05) is 0 Å². The molecule has 0 radical (unpaired) electrons. The number of fused-ring (bicyclic) bond motifs is 1. The number of hydrogen-bond donors (Lipinski definition) is 0. The molecule has 0 amide bonds. The second kappa shape index (κ2) is 4.58. The molecule has 0 saturated carbocycles. The summed E-state index contributed by atoms with van der Waals surface area (Å²) in [4.78, 5) is 12.1. The van der Waals surface area contributed by atoms with E-state index in [0.717, 1.165) is 46.2 Å². The van der Waals surface area contributed by atoms with Crippen molar-refractivity contribution in [3.8, 4) is 5.75 Å². The smallest absolute Gasteiger partial charge is 0.164 e. The van der Waals surface area contributed by atoms with Gasteiger partial charge in [-0.05, 0) is 53.7 Å². The van der Waals surface area contributed by atoms with Crippen LogP contribution in [0.2, 0.25) is 0 Å². The maximum atomic E-state index is 12.1. The van der Waals surface area contributed by atoms with Crippen molar-refractivity contribution in [2.24, 2.45) is 0 Å². The van der Waals surface area contributed by atoms with Gasteiger partial charge < -0.3 is 4.74 Å². The van der Waals surface area contributed by atoms with E-state index in [0.29, 0.717) is 6.42 Å². The molecule has 0 spiro atoms. The number of ether oxygens (including phenoxy) is 1. The summed E-state index contributed by atoms with van der Waals surface area (Å²) in [5.74, 6) is 1.09. The molecule has 1 aliphatic carbocycles. The van der Waals surface area contributed by atoms with E-state index in [9.17, 15) is 4.79 Å². The second-order valence-corrected chi connectivity index (χ2v) is 4.99. The van der Waals surface area contributed by atoms with E-state index in [1.54, 1.807) is 7.11 Å². The van der Waals surface area contributed by atoms with E-state index in [1.165, 1.54) is 0 Å². The summed E-state index contributed by atoms with van der Waals surface area (Å²) in [5.41, 5.74) is 2.97. The summed E-state index contributed by atoms with van der Waals surface area (Å²) < 4.78 is 6.32. The molecule has 0 atom stereocenters. The zero-order valence-corrected chi connectivity index (χ0v) is 11.2. The van der Waals surface area contributed by atoms with Crippen LogP contribution in [-0.2, 0) is 6.42 Å². The lowest BCUT2D eigenvalue weighted by Gasteiger charge is -2.14. The second-order valence-electron chi connectivity index (χ2n) is 4.19. The minimum Gasteiger partial charge on any atom is -0.496 e. The summed E-state index contributed by atoms with van der Waals surface area (Å²) in [6.45, 7) is 1.99. The molecule has 0 bridgehead atoms. The Hall–Kier alpha value is -0.830. The molecule has 86 valence electrons. The fourth-order valence-corrected chi connectivity index (χ4v) is 2.81. The van der Waals surface area contributed by atoms with Crippen molar-refractivity contribution < 1.29 is 9.53 Å². The highest BCUT2D eigenvalue weighted by molar-refractivity contribution is 9.10. The number of carbonyl (C=O) groups is 1. The van der Waals surface area contributed by atoms with E-state index >= 15 is 0 Å². The first-order valence-corrected chi connectivity index (χ1v) is 6.33. The van der Waals surface area contributed by atoms with Crippen LogP contribution >= 0.6 is 15.9 Å². The lowest BCUT2D eigenvalue weighted by atomic mass is 9.98. The van der Waals surface area contributed by atoms with Crippen LogP contribution < -0.4 is 4.74 Å². The molecule has 1 aromatic rings. The highest BCUT2D eigenvalue weighted by atomic mass is 79.9. The molecular weight excluding hydrogens is 268 g/mol. The van der Waals surface area contributed by atoms with Gasteiger partial charge in [0.1, 0.15) is 5.75 Å². The first kappa shape index (κ1) is 11.6. The molecule has 2 rings (SSSR count). The van der Waals surface area contributed by atoms with Crippen molar-refractivity contribution in [1.29, 1.82) is 0 Å². The van der Waals surface area contributed by atoms with Crippen molar-refractivity contribution in [2.45, 2.75) is 32.6 Å². The van der Waals surface area contributed by atoms with Crippen LogP contribution in [0, 0.1) is 6.92 Å². The van der Waals surface area contributed by atoms with Gasteiger partial charge in [-0.15, -0.1) is 0 Å². The molecule has 0 aromatic heterocycles. The van der Waals surface area contributed by atoms with Gasteiger partial charge in [0.15, 0.2) is 5.78 Å². The summed E-state index contributed by atoms with van der Waals surface area (Å²) in [6.07, 6.45) is 3.62. The highest BCUT2D eigenvalue weighted by Gasteiger charge is 2.23. The van der Waals surface area contributed by atoms with Crippen LogP contribution in [0.3, 0.4) is 0 Å². The SMILES string of the molecule is COc1cc(C)c(Br)c2c1CCCCC2=O. The predicted octanol–water partition coefficient (Wildman–Crippen LogP) is 3.68.